The minimum Gasteiger partial charge on any atom is -0.398 e. The molecule has 0 aromatic heterocycles. The molecule has 2 aromatic rings. The molecule has 0 saturated heterocycles. The standard InChI is InChI=1S/C14H13BrClN3/c1-9(13-8-11(16)4-7-14(13)17)18-19-12-5-2-10(15)3-6-12/h2-8,19H,17H2,1H3/b18-9+. The number of nitrogens with one attached hydrogen (secondary N) is 1. The van der Waals surface area contributed by atoms with E-state index in [0.29, 0.717) is 10.7 Å². The summed E-state index contributed by atoms with van der Waals surface area (Å²) in [6, 6.07) is 13.1. The molecule has 0 atom stereocenters. The molecule has 0 saturated carbocycles. The number of nitrogens with two attached hydrogens (primary N) is 1. The molecule has 0 aliphatic carbocycles. The zero-order valence-corrected chi connectivity index (χ0v) is 12.7. The Balaban J connectivity index is 2.19. The predicted molar refractivity (Wildman–Crippen MR) is 85.8 cm³/mol. The van der Waals surface area contributed by atoms with Crippen molar-refractivity contribution in [1.29, 1.82) is 0 Å². The summed E-state index contributed by atoms with van der Waals surface area (Å²) < 4.78 is 1.03. The number of anilines is 2. The van der Waals surface area contributed by atoms with E-state index in [0.717, 1.165) is 21.4 Å². The summed E-state index contributed by atoms with van der Waals surface area (Å²) >= 11 is 9.34. The highest BCUT2D eigenvalue weighted by Crippen LogP contribution is 2.19. The Morgan fingerprint density at radius 3 is 2.58 bits per heavy atom. The third-order valence-electron chi connectivity index (χ3n) is 2.60. The van der Waals surface area contributed by atoms with Gasteiger partial charge in [0, 0.05) is 20.7 Å². The van der Waals surface area contributed by atoms with E-state index in [1.165, 1.54) is 0 Å². The second kappa shape index (κ2) is 6.08. The molecule has 0 aliphatic heterocycles. The van der Waals surface area contributed by atoms with Gasteiger partial charge in [0.15, 0.2) is 0 Å². The molecule has 0 fully saturated rings. The van der Waals surface area contributed by atoms with Crippen molar-refractivity contribution in [3.63, 3.8) is 0 Å². The first-order chi connectivity index (χ1) is 9.06. The number of rotatable bonds is 3. The first kappa shape index (κ1) is 13.9. The van der Waals surface area contributed by atoms with E-state index in [1.54, 1.807) is 18.2 Å². The Bertz CT molecular complexity index is 609. The second-order valence-electron chi connectivity index (χ2n) is 4.05. The van der Waals surface area contributed by atoms with Gasteiger partial charge in [-0.15, -0.1) is 0 Å². The Morgan fingerprint density at radius 1 is 1.21 bits per heavy atom. The van der Waals surface area contributed by atoms with E-state index < -0.39 is 0 Å². The number of hydrogen-bond acceptors (Lipinski definition) is 3. The Hall–Kier alpha value is -1.52. The predicted octanol–water partition coefficient (Wildman–Crippen LogP) is 4.52. The Labute approximate surface area is 125 Å². The molecule has 0 amide bonds. The minimum absolute atomic E-state index is 0.641. The summed E-state index contributed by atoms with van der Waals surface area (Å²) in [6.45, 7) is 1.88. The van der Waals surface area contributed by atoms with Crippen LogP contribution in [0.2, 0.25) is 5.02 Å². The molecule has 5 heteroatoms. The Kier molecular flexibility index (Phi) is 4.45. The fourth-order valence-corrected chi connectivity index (χ4v) is 2.01. The summed E-state index contributed by atoms with van der Waals surface area (Å²) in [5.74, 6) is 0. The number of nitrogen functional groups attached to an aromatic ring is 1. The van der Waals surface area contributed by atoms with E-state index in [-0.39, 0.29) is 0 Å². The van der Waals surface area contributed by atoms with Crippen LogP contribution in [-0.2, 0) is 0 Å². The topological polar surface area (TPSA) is 50.4 Å². The van der Waals surface area contributed by atoms with Crippen LogP contribution >= 0.6 is 27.5 Å². The highest BCUT2D eigenvalue weighted by Gasteiger charge is 2.03. The third kappa shape index (κ3) is 3.72. The smallest absolute Gasteiger partial charge is 0.0669 e. The molecule has 0 bridgehead atoms. The highest BCUT2D eigenvalue weighted by molar-refractivity contribution is 9.10. The average Bonchev–Trinajstić information content (AvgIpc) is 2.40. The van der Waals surface area contributed by atoms with Crippen molar-refractivity contribution in [1.82, 2.24) is 0 Å². The lowest BCUT2D eigenvalue weighted by Gasteiger charge is -2.07. The molecule has 0 aliphatic rings. The van der Waals surface area contributed by atoms with E-state index in [1.807, 2.05) is 31.2 Å². The first-order valence-corrected chi connectivity index (χ1v) is 6.84. The number of hydrazone groups is 1. The highest BCUT2D eigenvalue weighted by atomic mass is 79.9. The molecular weight excluding hydrogens is 326 g/mol. The van der Waals surface area contributed by atoms with Crippen molar-refractivity contribution in [3.05, 3.63) is 57.5 Å². The van der Waals surface area contributed by atoms with Crippen LogP contribution in [-0.4, -0.2) is 5.71 Å². The lowest BCUT2D eigenvalue weighted by atomic mass is 10.1. The number of benzene rings is 2. The van der Waals surface area contributed by atoms with Gasteiger partial charge in [-0.25, -0.2) is 0 Å². The third-order valence-corrected chi connectivity index (χ3v) is 3.37. The van der Waals surface area contributed by atoms with Crippen LogP contribution in [0.25, 0.3) is 0 Å². The molecule has 0 spiro atoms. The van der Waals surface area contributed by atoms with Gasteiger partial charge in [-0.2, -0.15) is 5.10 Å². The Morgan fingerprint density at radius 2 is 1.89 bits per heavy atom. The van der Waals surface area contributed by atoms with Gasteiger partial charge in [0.1, 0.15) is 0 Å². The second-order valence-corrected chi connectivity index (χ2v) is 5.40. The largest absolute Gasteiger partial charge is 0.398 e. The summed E-state index contributed by atoms with van der Waals surface area (Å²) in [6.07, 6.45) is 0. The van der Waals surface area contributed by atoms with Crippen LogP contribution in [0, 0.1) is 0 Å². The van der Waals surface area contributed by atoms with Crippen LogP contribution in [0.3, 0.4) is 0 Å². The quantitative estimate of drug-likeness (QED) is 0.491. The van der Waals surface area contributed by atoms with Crippen LogP contribution in [0.5, 0.6) is 0 Å². The van der Waals surface area contributed by atoms with E-state index in [2.05, 4.69) is 26.5 Å². The molecule has 98 valence electrons. The summed E-state index contributed by atoms with van der Waals surface area (Å²) in [5, 5.41) is 4.95. The molecular formula is C14H13BrClN3. The number of hydrogen-bond donors (Lipinski definition) is 2. The molecule has 0 heterocycles. The van der Waals surface area contributed by atoms with Gasteiger partial charge in [0.2, 0.25) is 0 Å². The van der Waals surface area contributed by atoms with Crippen molar-refractivity contribution < 1.29 is 0 Å². The molecule has 19 heavy (non-hydrogen) atoms. The van der Waals surface area contributed by atoms with Crippen molar-refractivity contribution in [2.24, 2.45) is 5.10 Å². The van der Waals surface area contributed by atoms with E-state index >= 15 is 0 Å². The lowest BCUT2D eigenvalue weighted by molar-refractivity contribution is 1.32. The number of halogens is 2. The fourth-order valence-electron chi connectivity index (χ4n) is 1.57. The average molecular weight is 339 g/mol. The van der Waals surface area contributed by atoms with E-state index in [4.69, 9.17) is 17.3 Å². The minimum atomic E-state index is 0.641. The van der Waals surface area contributed by atoms with E-state index in [9.17, 15) is 0 Å². The maximum Gasteiger partial charge on any atom is 0.0669 e. The van der Waals surface area contributed by atoms with Gasteiger partial charge in [-0.3, -0.25) is 5.43 Å². The van der Waals surface area contributed by atoms with Crippen LogP contribution in [0.4, 0.5) is 11.4 Å². The molecule has 0 unspecified atom stereocenters. The van der Waals surface area contributed by atoms with Gasteiger partial charge in [-0.1, -0.05) is 27.5 Å². The maximum atomic E-state index is 5.96. The molecule has 2 rings (SSSR count). The fraction of sp³-hybridized carbons (Fsp3) is 0.0714. The van der Waals surface area contributed by atoms with Gasteiger partial charge in [0.25, 0.3) is 0 Å². The zero-order valence-electron chi connectivity index (χ0n) is 10.3. The lowest BCUT2D eigenvalue weighted by Crippen LogP contribution is -2.03. The van der Waals surface area contributed by atoms with Crippen LogP contribution < -0.4 is 11.2 Å². The van der Waals surface area contributed by atoms with Gasteiger partial charge in [-0.05, 0) is 49.4 Å². The van der Waals surface area contributed by atoms with Gasteiger partial charge in [0.05, 0.1) is 11.4 Å². The monoisotopic (exact) mass is 337 g/mol. The van der Waals surface area contributed by atoms with Crippen LogP contribution in [0.15, 0.2) is 52.0 Å². The zero-order chi connectivity index (χ0) is 13.8. The summed E-state index contributed by atoms with van der Waals surface area (Å²) in [7, 11) is 0. The van der Waals surface area contributed by atoms with Crippen molar-refractivity contribution in [3.8, 4) is 0 Å². The summed E-state index contributed by atoms with van der Waals surface area (Å²) in [4.78, 5) is 0. The molecule has 3 N–H and O–H groups in total. The molecule has 2 aromatic carbocycles. The van der Waals surface area contributed by atoms with Crippen molar-refractivity contribution >= 4 is 44.6 Å². The van der Waals surface area contributed by atoms with Crippen LogP contribution in [0.1, 0.15) is 12.5 Å². The first-order valence-electron chi connectivity index (χ1n) is 5.67. The molecule has 3 nitrogen and oxygen atoms in total. The SMILES string of the molecule is C/C(=N\Nc1ccc(Br)cc1)c1cc(Cl)ccc1N. The van der Waals surface area contributed by atoms with Crippen molar-refractivity contribution in [2.45, 2.75) is 6.92 Å². The van der Waals surface area contributed by atoms with Crippen molar-refractivity contribution in [2.75, 3.05) is 11.2 Å². The summed E-state index contributed by atoms with van der Waals surface area (Å²) in [5.41, 5.74) is 12.1. The van der Waals surface area contributed by atoms with Gasteiger partial charge >= 0.3 is 0 Å². The molecule has 0 radical (unpaired) electrons. The maximum absolute atomic E-state index is 5.96. The number of nitrogens with zero attached hydrogens (tertiary/aromatic N) is 1. The van der Waals surface area contributed by atoms with Gasteiger partial charge < -0.3 is 5.73 Å². The normalized spacial score (nSPS) is 11.4.